The summed E-state index contributed by atoms with van der Waals surface area (Å²) in [7, 11) is 0. The molecule has 1 aromatic rings. The zero-order chi connectivity index (χ0) is 12.8. The first-order valence-electron chi connectivity index (χ1n) is 5.10. The average molecular weight is 427 g/mol. The van der Waals surface area contributed by atoms with Crippen LogP contribution in [0.5, 0.6) is 0 Å². The molecule has 0 aliphatic carbocycles. The van der Waals surface area contributed by atoms with Gasteiger partial charge in [0.2, 0.25) is 5.91 Å². The Morgan fingerprint density at radius 2 is 2.11 bits per heavy atom. The van der Waals surface area contributed by atoms with Crippen LogP contribution >= 0.6 is 39.9 Å². The summed E-state index contributed by atoms with van der Waals surface area (Å²) in [4.78, 5) is 15.3. The Labute approximate surface area is 132 Å². The molecule has 0 bridgehead atoms. The second-order valence-electron chi connectivity index (χ2n) is 3.56. The highest BCUT2D eigenvalue weighted by atomic mass is 127. The minimum atomic E-state index is -0.115. The van der Waals surface area contributed by atoms with Crippen LogP contribution in [0.2, 0.25) is 0 Å². The number of anilines is 1. The largest absolute Gasteiger partial charge is 0.370 e. The third-order valence-electron chi connectivity index (χ3n) is 2.11. The van der Waals surface area contributed by atoms with Crippen molar-refractivity contribution in [1.29, 1.82) is 0 Å². The number of nitrogens with two attached hydrogens (primary N) is 2. The van der Waals surface area contributed by atoms with Crippen LogP contribution in [-0.2, 0) is 4.79 Å². The zero-order valence-corrected chi connectivity index (χ0v) is 13.9. The smallest absolute Gasteiger partial charge is 0.226 e. The molecule has 1 rings (SSSR count). The molecular weight excluding hydrogens is 411 g/mol. The molecule has 0 aromatic heterocycles. The van der Waals surface area contributed by atoms with Crippen LogP contribution in [0.3, 0.4) is 0 Å². The maximum absolute atomic E-state index is 11.6. The van der Waals surface area contributed by atoms with E-state index < -0.39 is 0 Å². The fourth-order valence-electron chi connectivity index (χ4n) is 1.23. The van der Waals surface area contributed by atoms with Crippen molar-refractivity contribution in [3.63, 3.8) is 0 Å². The lowest BCUT2D eigenvalue weighted by Crippen LogP contribution is -2.23. The van der Waals surface area contributed by atoms with E-state index in [-0.39, 0.29) is 42.3 Å². The summed E-state index contributed by atoms with van der Waals surface area (Å²) >= 11 is 3.35. The van der Waals surface area contributed by atoms with E-state index >= 15 is 0 Å². The predicted molar refractivity (Wildman–Crippen MR) is 88.2 cm³/mol. The number of amides is 1. The lowest BCUT2D eigenvalue weighted by molar-refractivity contribution is -0.116. The van der Waals surface area contributed by atoms with Crippen molar-refractivity contribution in [2.45, 2.75) is 13.3 Å². The molecule has 0 saturated heterocycles. The number of nitrogens with zero attached hydrogens (tertiary/aromatic N) is 1. The van der Waals surface area contributed by atoms with E-state index in [9.17, 15) is 4.79 Å². The molecule has 0 heterocycles. The van der Waals surface area contributed by atoms with Gasteiger partial charge >= 0.3 is 0 Å². The van der Waals surface area contributed by atoms with Gasteiger partial charge in [-0.3, -0.25) is 9.79 Å². The van der Waals surface area contributed by atoms with Gasteiger partial charge in [0.15, 0.2) is 5.96 Å². The molecule has 0 unspecified atom stereocenters. The number of guanidine groups is 1. The number of carbonyl (C=O) groups excluding carboxylic acids is 1. The maximum Gasteiger partial charge on any atom is 0.226 e. The predicted octanol–water partition coefficient (Wildman–Crippen LogP) is 1.98. The van der Waals surface area contributed by atoms with E-state index in [2.05, 4.69) is 26.2 Å². The van der Waals surface area contributed by atoms with Crippen molar-refractivity contribution in [2.75, 3.05) is 11.9 Å². The van der Waals surface area contributed by atoms with Crippen LogP contribution < -0.4 is 16.8 Å². The van der Waals surface area contributed by atoms with Gasteiger partial charge in [-0.05, 0) is 24.6 Å². The zero-order valence-electron chi connectivity index (χ0n) is 9.94. The third-order valence-corrected chi connectivity index (χ3v) is 2.60. The van der Waals surface area contributed by atoms with E-state index in [1.165, 1.54) is 0 Å². The van der Waals surface area contributed by atoms with Crippen LogP contribution in [0.1, 0.15) is 12.0 Å². The minimum absolute atomic E-state index is 0. The van der Waals surface area contributed by atoms with Crippen molar-refractivity contribution < 1.29 is 4.79 Å². The molecule has 0 aliphatic rings. The first-order valence-corrected chi connectivity index (χ1v) is 5.89. The molecule has 0 radical (unpaired) electrons. The van der Waals surface area contributed by atoms with Crippen molar-refractivity contribution in [3.8, 4) is 0 Å². The molecule has 0 fully saturated rings. The van der Waals surface area contributed by atoms with Gasteiger partial charge in [0.25, 0.3) is 0 Å². The second kappa shape index (κ2) is 8.30. The van der Waals surface area contributed by atoms with Gasteiger partial charge in [0.1, 0.15) is 0 Å². The second-order valence-corrected chi connectivity index (χ2v) is 4.48. The molecule has 5 N–H and O–H groups in total. The first-order chi connectivity index (χ1) is 7.99. The summed E-state index contributed by atoms with van der Waals surface area (Å²) in [5.74, 6) is -0.118. The Morgan fingerprint density at radius 1 is 1.44 bits per heavy atom. The van der Waals surface area contributed by atoms with Gasteiger partial charge in [0.05, 0.1) is 6.54 Å². The van der Waals surface area contributed by atoms with E-state index in [4.69, 9.17) is 11.5 Å². The molecule has 1 amide bonds. The molecule has 18 heavy (non-hydrogen) atoms. The fourth-order valence-corrected chi connectivity index (χ4v) is 1.59. The summed E-state index contributed by atoms with van der Waals surface area (Å²) in [6.07, 6.45) is 0.254. The summed E-state index contributed by atoms with van der Waals surface area (Å²) in [5, 5.41) is 2.80. The monoisotopic (exact) mass is 426 g/mol. The van der Waals surface area contributed by atoms with Gasteiger partial charge in [-0.1, -0.05) is 22.0 Å². The van der Waals surface area contributed by atoms with Crippen molar-refractivity contribution in [3.05, 3.63) is 28.2 Å². The molecule has 0 atom stereocenters. The molecule has 7 heteroatoms. The summed E-state index contributed by atoms with van der Waals surface area (Å²) in [6, 6.07) is 5.70. The van der Waals surface area contributed by atoms with E-state index in [0.29, 0.717) is 6.54 Å². The standard InChI is InChI=1S/C11H15BrN4O.HI/c1-7-2-3-8(12)6-9(7)16-10(17)4-5-15-11(13)14;/h2-3,6H,4-5H2,1H3,(H,16,17)(H4,13,14,15);1H. The van der Waals surface area contributed by atoms with E-state index in [1.54, 1.807) is 0 Å². The topological polar surface area (TPSA) is 93.5 Å². The third kappa shape index (κ3) is 6.20. The molecule has 5 nitrogen and oxygen atoms in total. The highest BCUT2D eigenvalue weighted by Gasteiger charge is 2.04. The first kappa shape index (κ1) is 17.2. The number of nitrogens with one attached hydrogen (secondary N) is 1. The number of hydrogen-bond donors (Lipinski definition) is 3. The minimum Gasteiger partial charge on any atom is -0.370 e. The number of halogens is 2. The van der Waals surface area contributed by atoms with Crippen LogP contribution in [0.4, 0.5) is 5.69 Å². The van der Waals surface area contributed by atoms with Gasteiger partial charge < -0.3 is 16.8 Å². The Morgan fingerprint density at radius 3 is 2.72 bits per heavy atom. The Bertz CT molecular complexity index is 447. The Hall–Kier alpha value is -0.830. The van der Waals surface area contributed by atoms with Gasteiger partial charge in [-0.25, -0.2) is 0 Å². The summed E-state index contributed by atoms with van der Waals surface area (Å²) < 4.78 is 0.919. The van der Waals surface area contributed by atoms with Crippen LogP contribution in [0.25, 0.3) is 0 Å². The van der Waals surface area contributed by atoms with Gasteiger partial charge in [0, 0.05) is 16.6 Å². The Kier molecular flexibility index (Phi) is 7.92. The van der Waals surface area contributed by atoms with Crippen molar-refractivity contribution >= 4 is 57.5 Å². The maximum atomic E-state index is 11.6. The number of carbonyl (C=O) groups is 1. The molecule has 0 aliphatic heterocycles. The number of benzene rings is 1. The number of rotatable bonds is 4. The van der Waals surface area contributed by atoms with Crippen LogP contribution in [0, 0.1) is 6.92 Å². The lowest BCUT2D eigenvalue weighted by atomic mass is 10.2. The van der Waals surface area contributed by atoms with Crippen LogP contribution in [-0.4, -0.2) is 18.4 Å². The van der Waals surface area contributed by atoms with Crippen LogP contribution in [0.15, 0.2) is 27.7 Å². The quantitative estimate of drug-likeness (QED) is 0.390. The lowest BCUT2D eigenvalue weighted by Gasteiger charge is -2.08. The molecular formula is C11H16BrIN4O. The van der Waals surface area contributed by atoms with Crippen molar-refractivity contribution in [2.24, 2.45) is 16.5 Å². The number of aryl methyl sites for hydroxylation is 1. The van der Waals surface area contributed by atoms with Gasteiger partial charge in [-0.2, -0.15) is 0 Å². The highest BCUT2D eigenvalue weighted by molar-refractivity contribution is 14.0. The van der Waals surface area contributed by atoms with E-state index in [1.807, 2.05) is 25.1 Å². The molecule has 0 spiro atoms. The fraction of sp³-hybridized carbons (Fsp3) is 0.273. The van der Waals surface area contributed by atoms with Gasteiger partial charge in [-0.15, -0.1) is 24.0 Å². The summed E-state index contributed by atoms with van der Waals surface area (Å²) in [6.45, 7) is 2.22. The molecule has 100 valence electrons. The number of aliphatic imine (C=N–C) groups is 1. The summed E-state index contributed by atoms with van der Waals surface area (Å²) in [5.41, 5.74) is 12.1. The molecule has 0 saturated carbocycles. The normalized spacial score (nSPS) is 9.22. The van der Waals surface area contributed by atoms with Crippen molar-refractivity contribution in [1.82, 2.24) is 0 Å². The highest BCUT2D eigenvalue weighted by Crippen LogP contribution is 2.20. The molecule has 1 aromatic carbocycles. The Balaban J connectivity index is 0.00000289. The SMILES string of the molecule is Cc1ccc(Br)cc1NC(=O)CCN=C(N)N.I. The average Bonchev–Trinajstić information content (AvgIpc) is 2.23. The number of hydrogen-bond acceptors (Lipinski definition) is 2. The van der Waals surface area contributed by atoms with E-state index in [0.717, 1.165) is 15.7 Å².